The molecular weight excluding hydrogens is 426 g/mol. The molecular formula is C26H25N7O. The Morgan fingerprint density at radius 3 is 2.44 bits per heavy atom. The topological polar surface area (TPSA) is 80.0 Å². The highest BCUT2D eigenvalue weighted by Gasteiger charge is 2.23. The second-order valence-electron chi connectivity index (χ2n) is 8.69. The molecule has 1 saturated heterocycles. The van der Waals surface area contributed by atoms with Crippen LogP contribution in [0, 0.1) is 6.92 Å². The van der Waals surface area contributed by atoms with Crippen molar-refractivity contribution in [2.45, 2.75) is 19.9 Å². The number of hydrogen-bond donors (Lipinski definition) is 0. The molecule has 1 amide bonds. The van der Waals surface area contributed by atoms with Gasteiger partial charge in [-0.2, -0.15) is 0 Å². The van der Waals surface area contributed by atoms with E-state index in [4.69, 9.17) is 9.97 Å². The Balaban J connectivity index is 1.22. The summed E-state index contributed by atoms with van der Waals surface area (Å²) in [5.74, 6) is 1.09. The molecule has 1 aliphatic rings. The fraction of sp³-hybridized carbons (Fsp3) is 0.269. The summed E-state index contributed by atoms with van der Waals surface area (Å²) < 4.78 is 2.14. The van der Waals surface area contributed by atoms with Crippen LogP contribution in [0.4, 0.5) is 5.82 Å². The molecule has 2 aromatic carbocycles. The molecule has 34 heavy (non-hydrogen) atoms. The lowest BCUT2D eigenvalue weighted by Gasteiger charge is -2.35. The van der Waals surface area contributed by atoms with Crippen molar-refractivity contribution in [2.75, 3.05) is 31.1 Å². The lowest BCUT2D eigenvalue weighted by atomic mass is 10.2. The Kier molecular flexibility index (Phi) is 5.05. The van der Waals surface area contributed by atoms with Crippen molar-refractivity contribution < 1.29 is 4.79 Å². The van der Waals surface area contributed by atoms with E-state index in [1.165, 1.54) is 0 Å². The molecule has 0 atom stereocenters. The van der Waals surface area contributed by atoms with Crippen molar-refractivity contribution in [2.24, 2.45) is 0 Å². The second kappa shape index (κ2) is 8.37. The lowest BCUT2D eigenvalue weighted by Crippen LogP contribution is -2.49. The molecule has 0 spiro atoms. The quantitative estimate of drug-likeness (QED) is 0.416. The van der Waals surface area contributed by atoms with E-state index in [1.807, 2.05) is 54.3 Å². The van der Waals surface area contributed by atoms with Crippen LogP contribution in [0.25, 0.3) is 33.1 Å². The van der Waals surface area contributed by atoms with Gasteiger partial charge in [0.1, 0.15) is 17.7 Å². The van der Waals surface area contributed by atoms with Gasteiger partial charge >= 0.3 is 0 Å². The van der Waals surface area contributed by atoms with Crippen LogP contribution < -0.4 is 4.90 Å². The van der Waals surface area contributed by atoms with E-state index in [0.29, 0.717) is 26.1 Å². The van der Waals surface area contributed by atoms with Gasteiger partial charge < -0.3 is 14.4 Å². The van der Waals surface area contributed by atoms with Crippen LogP contribution >= 0.6 is 0 Å². The summed E-state index contributed by atoms with van der Waals surface area (Å²) in [5, 5.41) is 1.07. The molecule has 8 heteroatoms. The first-order valence-electron chi connectivity index (χ1n) is 11.6. The Hall–Kier alpha value is -4.07. The first kappa shape index (κ1) is 20.5. The largest absolute Gasteiger partial charge is 0.353 e. The van der Waals surface area contributed by atoms with Gasteiger partial charge in [0.2, 0.25) is 5.91 Å². The van der Waals surface area contributed by atoms with E-state index >= 15 is 0 Å². The van der Waals surface area contributed by atoms with Crippen LogP contribution in [0.1, 0.15) is 12.1 Å². The molecule has 6 rings (SSSR count). The summed E-state index contributed by atoms with van der Waals surface area (Å²) in [7, 11) is 0. The first-order chi connectivity index (χ1) is 16.7. The van der Waals surface area contributed by atoms with E-state index in [0.717, 1.165) is 57.7 Å². The molecule has 4 heterocycles. The van der Waals surface area contributed by atoms with Gasteiger partial charge in [0.25, 0.3) is 0 Å². The molecule has 0 aliphatic carbocycles. The number of aromatic nitrogens is 5. The average Bonchev–Trinajstić information content (AvgIpc) is 3.18. The van der Waals surface area contributed by atoms with Gasteiger partial charge in [0.15, 0.2) is 5.65 Å². The standard InChI is InChI=1S/C26H25N7O/c1-18-16-23(28-17-27-18)31-12-14-32(15-13-31)24(34)10-11-33-22-9-5-2-6-19(22)25-26(33)30-21-8-4-3-7-20(21)29-25/h2-9,16-17H,10-15H2,1H3. The van der Waals surface area contributed by atoms with Crippen LogP contribution in [0.5, 0.6) is 0 Å². The minimum absolute atomic E-state index is 0.165. The molecule has 5 aromatic rings. The van der Waals surface area contributed by atoms with Crippen molar-refractivity contribution >= 4 is 44.8 Å². The smallest absolute Gasteiger partial charge is 0.224 e. The average molecular weight is 452 g/mol. The van der Waals surface area contributed by atoms with Crippen molar-refractivity contribution in [1.29, 1.82) is 0 Å². The lowest BCUT2D eigenvalue weighted by molar-refractivity contribution is -0.131. The number of nitrogens with zero attached hydrogens (tertiary/aromatic N) is 7. The number of carbonyl (C=O) groups is 1. The highest BCUT2D eigenvalue weighted by molar-refractivity contribution is 6.06. The number of para-hydroxylation sites is 3. The zero-order chi connectivity index (χ0) is 23.1. The number of anilines is 1. The molecule has 1 aliphatic heterocycles. The van der Waals surface area contributed by atoms with E-state index in [9.17, 15) is 4.79 Å². The minimum Gasteiger partial charge on any atom is -0.353 e. The van der Waals surface area contributed by atoms with Crippen molar-refractivity contribution in [3.63, 3.8) is 0 Å². The SMILES string of the molecule is Cc1cc(N2CCN(C(=O)CCn3c4ccccc4c4nc5ccccc5nc43)CC2)ncn1. The maximum Gasteiger partial charge on any atom is 0.224 e. The maximum absolute atomic E-state index is 13.1. The van der Waals surface area contributed by atoms with Crippen molar-refractivity contribution in [3.8, 4) is 0 Å². The normalized spacial score (nSPS) is 14.4. The van der Waals surface area contributed by atoms with Crippen molar-refractivity contribution in [1.82, 2.24) is 29.4 Å². The third-order valence-electron chi connectivity index (χ3n) is 6.55. The zero-order valence-electron chi connectivity index (χ0n) is 19.1. The predicted octanol–water partition coefficient (Wildman–Crippen LogP) is 3.58. The predicted molar refractivity (Wildman–Crippen MR) is 133 cm³/mol. The highest BCUT2D eigenvalue weighted by atomic mass is 16.2. The Morgan fingerprint density at radius 2 is 1.65 bits per heavy atom. The van der Waals surface area contributed by atoms with Gasteiger partial charge in [-0.1, -0.05) is 30.3 Å². The monoisotopic (exact) mass is 451 g/mol. The number of fused-ring (bicyclic) bond motifs is 4. The fourth-order valence-electron chi connectivity index (χ4n) is 4.77. The summed E-state index contributed by atoms with van der Waals surface area (Å²) in [6.07, 6.45) is 2.02. The van der Waals surface area contributed by atoms with Gasteiger partial charge in [0, 0.05) is 56.3 Å². The molecule has 0 saturated carbocycles. The number of carbonyl (C=O) groups excluding carboxylic acids is 1. The van der Waals surface area contributed by atoms with Crippen LogP contribution in [-0.2, 0) is 11.3 Å². The van der Waals surface area contributed by atoms with Crippen LogP contribution in [0.2, 0.25) is 0 Å². The third-order valence-corrected chi connectivity index (χ3v) is 6.55. The van der Waals surface area contributed by atoms with E-state index in [1.54, 1.807) is 6.33 Å². The van der Waals surface area contributed by atoms with Crippen LogP contribution in [0.15, 0.2) is 60.9 Å². The molecule has 3 aromatic heterocycles. The molecule has 1 fully saturated rings. The number of rotatable bonds is 4. The van der Waals surface area contributed by atoms with Crippen LogP contribution in [0.3, 0.4) is 0 Å². The van der Waals surface area contributed by atoms with E-state index < -0.39 is 0 Å². The minimum atomic E-state index is 0.165. The summed E-state index contributed by atoms with van der Waals surface area (Å²) in [6.45, 7) is 5.47. The fourth-order valence-corrected chi connectivity index (χ4v) is 4.77. The van der Waals surface area contributed by atoms with Crippen LogP contribution in [-0.4, -0.2) is 61.5 Å². The zero-order valence-corrected chi connectivity index (χ0v) is 19.1. The summed E-state index contributed by atoms with van der Waals surface area (Å²) in [4.78, 5) is 35.6. The summed E-state index contributed by atoms with van der Waals surface area (Å²) in [6, 6.07) is 18.1. The molecule has 8 nitrogen and oxygen atoms in total. The molecule has 0 unspecified atom stereocenters. The molecule has 0 N–H and O–H groups in total. The van der Waals surface area contributed by atoms with Gasteiger partial charge in [-0.15, -0.1) is 0 Å². The summed E-state index contributed by atoms with van der Waals surface area (Å²) in [5.41, 5.74) is 5.47. The van der Waals surface area contributed by atoms with Gasteiger partial charge in [-0.05, 0) is 25.1 Å². The van der Waals surface area contributed by atoms with E-state index in [-0.39, 0.29) is 5.91 Å². The molecule has 0 bridgehead atoms. The number of amides is 1. The Labute approximate surface area is 196 Å². The number of benzene rings is 2. The highest BCUT2D eigenvalue weighted by Crippen LogP contribution is 2.28. The molecule has 0 radical (unpaired) electrons. The number of hydrogen-bond acceptors (Lipinski definition) is 6. The van der Waals surface area contributed by atoms with Gasteiger partial charge in [-0.3, -0.25) is 4.79 Å². The third kappa shape index (κ3) is 3.61. The van der Waals surface area contributed by atoms with E-state index in [2.05, 4.69) is 31.6 Å². The van der Waals surface area contributed by atoms with Gasteiger partial charge in [0.05, 0.1) is 16.6 Å². The summed E-state index contributed by atoms with van der Waals surface area (Å²) >= 11 is 0. The van der Waals surface area contributed by atoms with Crippen molar-refractivity contribution in [3.05, 3.63) is 66.6 Å². The maximum atomic E-state index is 13.1. The molecule has 170 valence electrons. The Bertz CT molecular complexity index is 1520. The number of aryl methyl sites for hydroxylation is 2. The number of piperazine rings is 1. The first-order valence-corrected chi connectivity index (χ1v) is 11.6. The second-order valence-corrected chi connectivity index (χ2v) is 8.69. The van der Waals surface area contributed by atoms with Gasteiger partial charge in [-0.25, -0.2) is 19.9 Å². The Morgan fingerprint density at radius 1 is 0.912 bits per heavy atom.